The van der Waals surface area contributed by atoms with Crippen LogP contribution in [-0.4, -0.2) is 50.7 Å². The Bertz CT molecular complexity index is 603. The van der Waals surface area contributed by atoms with Gasteiger partial charge in [0.2, 0.25) is 0 Å². The summed E-state index contributed by atoms with van der Waals surface area (Å²) in [6, 6.07) is -0.0654. The molecular formula is C15H22N4O4. The first-order valence-electron chi connectivity index (χ1n) is 7.57. The van der Waals surface area contributed by atoms with Crippen molar-refractivity contribution in [2.45, 2.75) is 45.8 Å². The molecule has 0 bridgehead atoms. The Kier molecular flexibility index (Phi) is 5.02. The van der Waals surface area contributed by atoms with E-state index >= 15 is 0 Å². The number of esters is 1. The molecule has 1 aliphatic heterocycles. The molecule has 126 valence electrons. The zero-order valence-corrected chi connectivity index (χ0v) is 13.9. The molecule has 0 N–H and O–H groups in total. The highest BCUT2D eigenvalue weighted by molar-refractivity contribution is 5.86. The van der Waals surface area contributed by atoms with Crippen LogP contribution in [-0.2, 0) is 9.47 Å². The van der Waals surface area contributed by atoms with Gasteiger partial charge in [-0.25, -0.2) is 14.3 Å². The molecule has 0 aliphatic carbocycles. The van der Waals surface area contributed by atoms with Gasteiger partial charge >= 0.3 is 12.1 Å². The van der Waals surface area contributed by atoms with E-state index in [1.807, 2.05) is 26.8 Å². The van der Waals surface area contributed by atoms with Gasteiger partial charge in [0.1, 0.15) is 5.60 Å². The highest BCUT2D eigenvalue weighted by atomic mass is 16.6. The first-order chi connectivity index (χ1) is 10.8. The van der Waals surface area contributed by atoms with Crippen LogP contribution in [0.25, 0.3) is 0 Å². The maximum Gasteiger partial charge on any atom is 0.414 e. The molecule has 23 heavy (non-hydrogen) atoms. The summed E-state index contributed by atoms with van der Waals surface area (Å²) in [5, 5.41) is 7.76. The predicted octanol–water partition coefficient (Wildman–Crippen LogP) is 2.15. The van der Waals surface area contributed by atoms with Gasteiger partial charge in [0.05, 0.1) is 18.8 Å². The fraction of sp³-hybridized carbons (Fsp3) is 0.600. The van der Waals surface area contributed by atoms with Crippen molar-refractivity contribution in [1.29, 1.82) is 0 Å². The molecule has 1 amide bonds. The topological polar surface area (TPSA) is 86.5 Å². The van der Waals surface area contributed by atoms with E-state index in [1.54, 1.807) is 24.0 Å². The van der Waals surface area contributed by atoms with Gasteiger partial charge in [-0.2, -0.15) is 0 Å². The largest absolute Gasteiger partial charge is 0.461 e. The van der Waals surface area contributed by atoms with Crippen LogP contribution < -0.4 is 0 Å². The first-order valence-corrected chi connectivity index (χ1v) is 7.57. The molecule has 1 aromatic rings. The minimum Gasteiger partial charge on any atom is -0.461 e. The normalized spacial score (nSPS) is 17.9. The lowest BCUT2D eigenvalue weighted by Crippen LogP contribution is -2.36. The van der Waals surface area contributed by atoms with E-state index in [0.29, 0.717) is 19.6 Å². The summed E-state index contributed by atoms with van der Waals surface area (Å²) in [4.78, 5) is 25.1. The van der Waals surface area contributed by atoms with Gasteiger partial charge in [-0.05, 0) is 40.2 Å². The molecule has 1 atom stereocenters. The van der Waals surface area contributed by atoms with Gasteiger partial charge in [-0.15, -0.1) is 5.10 Å². The maximum absolute atomic E-state index is 12.0. The van der Waals surface area contributed by atoms with E-state index in [0.717, 1.165) is 0 Å². The van der Waals surface area contributed by atoms with E-state index < -0.39 is 11.6 Å². The molecule has 0 fully saturated rings. The van der Waals surface area contributed by atoms with E-state index in [-0.39, 0.29) is 17.8 Å². The van der Waals surface area contributed by atoms with Crippen molar-refractivity contribution >= 4 is 12.1 Å². The lowest BCUT2D eigenvalue weighted by molar-refractivity contribution is 0.0319. The monoisotopic (exact) mass is 322 g/mol. The van der Waals surface area contributed by atoms with Crippen LogP contribution in [0.3, 0.4) is 0 Å². The minimum atomic E-state index is -0.526. The summed E-state index contributed by atoms with van der Waals surface area (Å²) in [6.45, 7) is 8.01. The van der Waals surface area contributed by atoms with Crippen molar-refractivity contribution in [1.82, 2.24) is 19.9 Å². The van der Waals surface area contributed by atoms with E-state index in [9.17, 15) is 9.59 Å². The standard InChI is InChI=1S/C15H22N4O4/c1-5-22-13(20)12-10-19(17-16-12)11-6-8-18(9-7-11)14(21)23-15(2,3)4/h6,8,10-11H,5,7,9H2,1-4H3. The van der Waals surface area contributed by atoms with Crippen LogP contribution >= 0.6 is 0 Å². The highest BCUT2D eigenvalue weighted by Gasteiger charge is 2.25. The van der Waals surface area contributed by atoms with Gasteiger partial charge < -0.3 is 9.47 Å². The molecule has 0 saturated carbocycles. The molecule has 1 unspecified atom stereocenters. The number of aromatic nitrogens is 3. The average Bonchev–Trinajstić information content (AvgIpc) is 2.96. The Morgan fingerprint density at radius 1 is 1.39 bits per heavy atom. The number of allylic oxidation sites excluding steroid dienone is 1. The number of hydrogen-bond acceptors (Lipinski definition) is 6. The molecule has 0 radical (unpaired) electrons. The molecule has 1 aliphatic rings. The average molecular weight is 322 g/mol. The Labute approximate surface area is 135 Å². The van der Waals surface area contributed by atoms with Crippen LogP contribution in [0.1, 0.15) is 50.6 Å². The van der Waals surface area contributed by atoms with E-state index in [4.69, 9.17) is 9.47 Å². The second-order valence-corrected chi connectivity index (χ2v) is 6.18. The predicted molar refractivity (Wildman–Crippen MR) is 81.7 cm³/mol. The Morgan fingerprint density at radius 2 is 2.13 bits per heavy atom. The van der Waals surface area contributed by atoms with Crippen molar-refractivity contribution < 1.29 is 19.1 Å². The summed E-state index contributed by atoms with van der Waals surface area (Å²) < 4.78 is 11.8. The quantitative estimate of drug-likeness (QED) is 0.793. The van der Waals surface area contributed by atoms with Crippen molar-refractivity contribution in [3.8, 4) is 0 Å². The number of carbonyl (C=O) groups excluding carboxylic acids is 2. The van der Waals surface area contributed by atoms with Crippen molar-refractivity contribution in [2.24, 2.45) is 0 Å². The lowest BCUT2D eigenvalue weighted by atomic mass is 10.1. The van der Waals surface area contributed by atoms with Crippen molar-refractivity contribution in [3.63, 3.8) is 0 Å². The van der Waals surface area contributed by atoms with E-state index in [1.165, 1.54) is 4.90 Å². The highest BCUT2D eigenvalue weighted by Crippen LogP contribution is 2.20. The smallest absolute Gasteiger partial charge is 0.414 e. The molecule has 2 heterocycles. The van der Waals surface area contributed by atoms with Crippen LogP contribution in [0.4, 0.5) is 4.79 Å². The fourth-order valence-corrected chi connectivity index (χ4v) is 2.08. The number of ether oxygens (including phenoxy) is 2. The number of nitrogens with zero attached hydrogens (tertiary/aromatic N) is 4. The van der Waals surface area contributed by atoms with Gasteiger partial charge in [-0.1, -0.05) is 5.21 Å². The van der Waals surface area contributed by atoms with Gasteiger partial charge in [0.15, 0.2) is 5.69 Å². The zero-order chi connectivity index (χ0) is 17.0. The summed E-state index contributed by atoms with van der Waals surface area (Å²) in [5.41, 5.74) is -0.350. The third kappa shape index (κ3) is 4.54. The van der Waals surface area contributed by atoms with E-state index in [2.05, 4.69) is 10.3 Å². The Balaban J connectivity index is 1.99. The van der Waals surface area contributed by atoms with Crippen LogP contribution in [0, 0.1) is 0 Å². The zero-order valence-electron chi connectivity index (χ0n) is 13.9. The van der Waals surface area contributed by atoms with Gasteiger partial charge in [0, 0.05) is 12.7 Å². The van der Waals surface area contributed by atoms with Crippen molar-refractivity contribution in [2.75, 3.05) is 13.2 Å². The number of carbonyl (C=O) groups is 2. The summed E-state index contributed by atoms with van der Waals surface area (Å²) in [7, 11) is 0. The minimum absolute atomic E-state index is 0.0654. The second kappa shape index (κ2) is 6.80. The summed E-state index contributed by atoms with van der Waals surface area (Å²) >= 11 is 0. The lowest BCUT2D eigenvalue weighted by Gasteiger charge is -2.28. The SMILES string of the molecule is CCOC(=O)c1cn(C2C=CN(C(=O)OC(C)(C)C)CC2)nn1. The second-order valence-electron chi connectivity index (χ2n) is 6.18. The first kappa shape index (κ1) is 17.0. The van der Waals surface area contributed by atoms with Crippen LogP contribution in [0.2, 0.25) is 0 Å². The summed E-state index contributed by atoms with van der Waals surface area (Å²) in [6.07, 6.45) is 5.33. The van der Waals surface area contributed by atoms with Gasteiger partial charge in [0.25, 0.3) is 0 Å². The number of hydrogen-bond donors (Lipinski definition) is 0. The maximum atomic E-state index is 12.0. The third-order valence-corrected chi connectivity index (χ3v) is 3.12. The Hall–Kier alpha value is -2.38. The molecule has 2 rings (SSSR count). The molecule has 1 aromatic heterocycles. The molecule has 8 heteroatoms. The third-order valence-electron chi connectivity index (χ3n) is 3.12. The molecule has 0 saturated heterocycles. The Morgan fingerprint density at radius 3 is 2.70 bits per heavy atom. The molecule has 8 nitrogen and oxygen atoms in total. The molecule has 0 spiro atoms. The van der Waals surface area contributed by atoms with Crippen LogP contribution in [0.15, 0.2) is 18.5 Å². The van der Waals surface area contributed by atoms with Crippen LogP contribution in [0.5, 0.6) is 0 Å². The number of amides is 1. The van der Waals surface area contributed by atoms with Gasteiger partial charge in [-0.3, -0.25) is 4.90 Å². The molecular weight excluding hydrogens is 300 g/mol. The van der Waals surface area contributed by atoms with Crippen molar-refractivity contribution in [3.05, 3.63) is 24.2 Å². The number of rotatable bonds is 3. The fourth-order valence-electron chi connectivity index (χ4n) is 2.08. The molecule has 0 aromatic carbocycles. The summed E-state index contributed by atoms with van der Waals surface area (Å²) in [5.74, 6) is -0.492.